The first-order valence-electron chi connectivity index (χ1n) is 7.32. The van der Waals surface area contributed by atoms with Gasteiger partial charge in [0.1, 0.15) is 0 Å². The second-order valence-electron chi connectivity index (χ2n) is 5.12. The fourth-order valence-electron chi connectivity index (χ4n) is 2.50. The van der Waals surface area contributed by atoms with Gasteiger partial charge in [-0.25, -0.2) is 4.79 Å². The Morgan fingerprint density at radius 2 is 1.95 bits per heavy atom. The van der Waals surface area contributed by atoms with Crippen LogP contribution in [0.25, 0.3) is 0 Å². The summed E-state index contributed by atoms with van der Waals surface area (Å²) in [6.07, 6.45) is -2.12. The number of hydrogen-bond donors (Lipinski definition) is 1. The lowest BCUT2D eigenvalue weighted by Crippen LogP contribution is -2.30. The maximum absolute atomic E-state index is 12.9. The van der Waals surface area contributed by atoms with Crippen LogP contribution in [0.4, 0.5) is 29.3 Å². The number of halogens is 3. The van der Waals surface area contributed by atoms with Gasteiger partial charge in [0.2, 0.25) is 0 Å². The molecule has 0 atom stereocenters. The van der Waals surface area contributed by atoms with Gasteiger partial charge in [0, 0.05) is 13.1 Å². The molecule has 1 amide bonds. The van der Waals surface area contributed by atoms with Crippen LogP contribution in [0.2, 0.25) is 0 Å². The number of nitrogens with zero attached hydrogens (tertiary/aromatic N) is 1. The molecule has 22 heavy (non-hydrogen) atoms. The molecule has 0 spiro atoms. The quantitative estimate of drug-likeness (QED) is 0.905. The van der Waals surface area contributed by atoms with Crippen LogP contribution in [0.15, 0.2) is 18.2 Å². The van der Waals surface area contributed by atoms with Gasteiger partial charge in [-0.1, -0.05) is 0 Å². The van der Waals surface area contributed by atoms with E-state index >= 15 is 0 Å². The molecule has 1 aromatic carbocycles. The van der Waals surface area contributed by atoms with E-state index in [9.17, 15) is 18.0 Å². The summed E-state index contributed by atoms with van der Waals surface area (Å²) < 4.78 is 43.4. The van der Waals surface area contributed by atoms with Crippen LogP contribution in [0.3, 0.4) is 0 Å². The molecular formula is C15H19F3N2O2. The molecule has 122 valence electrons. The number of alkyl halides is 3. The number of carbonyl (C=O) groups is 1. The molecule has 7 heteroatoms. The average molecular weight is 316 g/mol. The smallest absolute Gasteiger partial charge is 0.416 e. The molecule has 1 heterocycles. The van der Waals surface area contributed by atoms with E-state index in [2.05, 4.69) is 5.32 Å². The molecule has 2 rings (SSSR count). The zero-order chi connectivity index (χ0) is 16.2. The number of carbonyl (C=O) groups excluding carboxylic acids is 1. The van der Waals surface area contributed by atoms with Crippen LogP contribution in [0.1, 0.15) is 31.7 Å². The number of ether oxygens (including phenoxy) is 1. The third kappa shape index (κ3) is 4.05. The maximum Gasteiger partial charge on any atom is 0.416 e. The van der Waals surface area contributed by atoms with Crippen LogP contribution >= 0.6 is 0 Å². The first-order valence-corrected chi connectivity index (χ1v) is 7.32. The summed E-state index contributed by atoms with van der Waals surface area (Å²) in [4.78, 5) is 13.6. The van der Waals surface area contributed by atoms with Crippen molar-refractivity contribution in [2.75, 3.05) is 29.9 Å². The van der Waals surface area contributed by atoms with E-state index in [1.807, 2.05) is 4.90 Å². The largest absolute Gasteiger partial charge is 0.450 e. The Bertz CT molecular complexity index is 526. The number of benzene rings is 1. The van der Waals surface area contributed by atoms with Crippen molar-refractivity contribution in [3.05, 3.63) is 23.8 Å². The first-order chi connectivity index (χ1) is 10.4. The summed E-state index contributed by atoms with van der Waals surface area (Å²) in [7, 11) is 0. The first kappa shape index (κ1) is 16.5. The molecule has 0 saturated carbocycles. The highest BCUT2D eigenvalue weighted by Gasteiger charge is 2.31. The average Bonchev–Trinajstić information content (AvgIpc) is 2.47. The SMILES string of the molecule is CCOC(=O)Nc1cc(C(F)(F)F)ccc1N1CCCCC1. The van der Waals surface area contributed by atoms with Crippen molar-refractivity contribution in [2.45, 2.75) is 32.4 Å². The minimum absolute atomic E-state index is 0.134. The van der Waals surface area contributed by atoms with Gasteiger partial charge >= 0.3 is 12.3 Å². The highest BCUT2D eigenvalue weighted by molar-refractivity contribution is 5.90. The minimum Gasteiger partial charge on any atom is -0.450 e. The number of amides is 1. The molecule has 1 aliphatic heterocycles. The second kappa shape index (κ2) is 6.89. The lowest BCUT2D eigenvalue weighted by Gasteiger charge is -2.30. The lowest BCUT2D eigenvalue weighted by molar-refractivity contribution is -0.137. The Morgan fingerprint density at radius 1 is 1.27 bits per heavy atom. The van der Waals surface area contributed by atoms with Gasteiger partial charge in [-0.15, -0.1) is 0 Å². The number of nitrogens with one attached hydrogen (secondary N) is 1. The normalized spacial score (nSPS) is 15.5. The predicted octanol–water partition coefficient (Wildman–Crippen LogP) is 4.26. The predicted molar refractivity (Wildman–Crippen MR) is 78.2 cm³/mol. The molecule has 0 unspecified atom stereocenters. The highest BCUT2D eigenvalue weighted by Crippen LogP contribution is 2.36. The number of anilines is 2. The van der Waals surface area contributed by atoms with E-state index in [1.54, 1.807) is 6.92 Å². The number of piperidine rings is 1. The Morgan fingerprint density at radius 3 is 2.55 bits per heavy atom. The molecule has 1 aliphatic rings. The Kier molecular flexibility index (Phi) is 5.15. The molecule has 0 radical (unpaired) electrons. The van der Waals surface area contributed by atoms with Crippen molar-refractivity contribution in [3.63, 3.8) is 0 Å². The Balaban J connectivity index is 2.32. The van der Waals surface area contributed by atoms with Gasteiger partial charge in [0.15, 0.2) is 0 Å². The maximum atomic E-state index is 12.9. The van der Waals surface area contributed by atoms with Crippen molar-refractivity contribution < 1.29 is 22.7 Å². The third-order valence-electron chi connectivity index (χ3n) is 3.53. The monoisotopic (exact) mass is 316 g/mol. The minimum atomic E-state index is -4.45. The van der Waals surface area contributed by atoms with Crippen LogP contribution in [0.5, 0.6) is 0 Å². The van der Waals surface area contributed by atoms with Crippen LogP contribution in [-0.2, 0) is 10.9 Å². The van der Waals surface area contributed by atoms with E-state index in [-0.39, 0.29) is 12.3 Å². The van der Waals surface area contributed by atoms with E-state index in [1.165, 1.54) is 6.07 Å². The zero-order valence-corrected chi connectivity index (χ0v) is 12.4. The molecule has 4 nitrogen and oxygen atoms in total. The van der Waals surface area contributed by atoms with E-state index in [0.717, 1.165) is 44.5 Å². The molecule has 1 aromatic rings. The Hall–Kier alpha value is -1.92. The van der Waals surface area contributed by atoms with Gasteiger partial charge < -0.3 is 9.64 Å². The third-order valence-corrected chi connectivity index (χ3v) is 3.53. The lowest BCUT2D eigenvalue weighted by atomic mass is 10.1. The summed E-state index contributed by atoms with van der Waals surface area (Å²) in [6.45, 7) is 3.33. The van der Waals surface area contributed by atoms with Crippen molar-refractivity contribution in [2.24, 2.45) is 0 Å². The summed E-state index contributed by atoms with van der Waals surface area (Å²) >= 11 is 0. The van der Waals surface area contributed by atoms with E-state index in [4.69, 9.17) is 4.74 Å². The van der Waals surface area contributed by atoms with Crippen molar-refractivity contribution in [1.82, 2.24) is 0 Å². The fourth-order valence-corrected chi connectivity index (χ4v) is 2.50. The molecule has 1 N–H and O–H groups in total. The van der Waals surface area contributed by atoms with Crippen molar-refractivity contribution in [3.8, 4) is 0 Å². The van der Waals surface area contributed by atoms with Crippen molar-refractivity contribution >= 4 is 17.5 Å². The summed E-state index contributed by atoms with van der Waals surface area (Å²) in [5.41, 5.74) is -0.0593. The van der Waals surface area contributed by atoms with E-state index < -0.39 is 17.8 Å². The summed E-state index contributed by atoms with van der Waals surface area (Å²) in [5.74, 6) is 0. The zero-order valence-electron chi connectivity index (χ0n) is 12.4. The van der Waals surface area contributed by atoms with E-state index in [0.29, 0.717) is 5.69 Å². The standard InChI is InChI=1S/C15H19F3N2O2/c1-2-22-14(21)19-12-10-11(15(16,17)18)6-7-13(12)20-8-4-3-5-9-20/h6-7,10H,2-5,8-9H2,1H3,(H,19,21). The van der Waals surface area contributed by atoms with Crippen LogP contribution < -0.4 is 10.2 Å². The topological polar surface area (TPSA) is 41.6 Å². The number of rotatable bonds is 3. The molecule has 0 aromatic heterocycles. The van der Waals surface area contributed by atoms with Gasteiger partial charge in [0.25, 0.3) is 0 Å². The van der Waals surface area contributed by atoms with Crippen LogP contribution in [-0.4, -0.2) is 25.8 Å². The fraction of sp³-hybridized carbons (Fsp3) is 0.533. The van der Waals surface area contributed by atoms with Gasteiger partial charge in [-0.3, -0.25) is 5.32 Å². The molecule has 0 bridgehead atoms. The summed E-state index contributed by atoms with van der Waals surface area (Å²) in [5, 5.41) is 2.42. The molecule has 1 saturated heterocycles. The molecule has 1 fully saturated rings. The summed E-state index contributed by atoms with van der Waals surface area (Å²) in [6, 6.07) is 3.41. The van der Waals surface area contributed by atoms with Gasteiger partial charge in [0.05, 0.1) is 23.5 Å². The van der Waals surface area contributed by atoms with Crippen LogP contribution in [0, 0.1) is 0 Å². The number of hydrogen-bond acceptors (Lipinski definition) is 3. The molecular weight excluding hydrogens is 297 g/mol. The van der Waals surface area contributed by atoms with Gasteiger partial charge in [-0.2, -0.15) is 13.2 Å². The second-order valence-corrected chi connectivity index (χ2v) is 5.12. The van der Waals surface area contributed by atoms with Gasteiger partial charge in [-0.05, 0) is 44.4 Å². The Labute approximate surface area is 127 Å². The highest BCUT2D eigenvalue weighted by atomic mass is 19.4. The molecule has 0 aliphatic carbocycles. The van der Waals surface area contributed by atoms with Crippen molar-refractivity contribution in [1.29, 1.82) is 0 Å².